The summed E-state index contributed by atoms with van der Waals surface area (Å²) in [5.74, 6) is 0.651. The third kappa shape index (κ3) is 5.24. The predicted molar refractivity (Wildman–Crippen MR) is 122 cm³/mol. The number of methoxy groups -OCH3 is 1. The molecule has 0 aromatic heterocycles. The van der Waals surface area contributed by atoms with Crippen LogP contribution in [0, 0.1) is 0 Å². The molecule has 0 bridgehead atoms. The van der Waals surface area contributed by atoms with Gasteiger partial charge in [0.25, 0.3) is 5.91 Å². The van der Waals surface area contributed by atoms with E-state index in [9.17, 15) is 9.59 Å². The van der Waals surface area contributed by atoms with Gasteiger partial charge in [-0.15, -0.1) is 0 Å². The molecule has 0 spiro atoms. The normalized spacial score (nSPS) is 12.3. The summed E-state index contributed by atoms with van der Waals surface area (Å²) in [6, 6.07) is 16.4. The Morgan fingerprint density at radius 1 is 1.00 bits per heavy atom. The number of esters is 1. The fourth-order valence-electron chi connectivity index (χ4n) is 3.04. The zero-order chi connectivity index (χ0) is 23.2. The minimum atomic E-state index is -0.605. The van der Waals surface area contributed by atoms with Crippen molar-refractivity contribution in [2.75, 3.05) is 20.3 Å². The van der Waals surface area contributed by atoms with E-state index in [0.717, 1.165) is 0 Å². The average molecular weight is 467 g/mol. The van der Waals surface area contributed by atoms with Crippen molar-refractivity contribution in [1.29, 1.82) is 0 Å². The highest BCUT2D eigenvalue weighted by Gasteiger charge is 2.16. The number of halogens is 1. The van der Waals surface area contributed by atoms with Gasteiger partial charge in [-0.2, -0.15) is 5.10 Å². The summed E-state index contributed by atoms with van der Waals surface area (Å²) in [4.78, 5) is 24.8. The Morgan fingerprint density at radius 2 is 1.79 bits per heavy atom. The van der Waals surface area contributed by atoms with Gasteiger partial charge in [-0.25, -0.2) is 10.2 Å². The third-order valence-electron chi connectivity index (χ3n) is 4.67. The van der Waals surface area contributed by atoms with Crippen LogP contribution in [-0.2, 0) is 0 Å². The number of nitrogens with zero attached hydrogens (tertiary/aromatic N) is 1. The maximum atomic E-state index is 12.4. The molecule has 3 aromatic carbocycles. The maximum absolute atomic E-state index is 12.4. The van der Waals surface area contributed by atoms with Gasteiger partial charge in [-0.3, -0.25) is 4.79 Å². The number of fused-ring (bicyclic) bond motifs is 1. The van der Waals surface area contributed by atoms with E-state index >= 15 is 0 Å². The Hall–Kier alpha value is -4.04. The Bertz CT molecular complexity index is 1230. The summed E-state index contributed by atoms with van der Waals surface area (Å²) in [6.07, 6.45) is 1.44. The molecule has 1 amide bonds. The van der Waals surface area contributed by atoms with Crippen LogP contribution in [0.2, 0.25) is 5.02 Å². The topological polar surface area (TPSA) is 95.5 Å². The quantitative estimate of drug-likeness (QED) is 0.254. The van der Waals surface area contributed by atoms with E-state index < -0.39 is 11.9 Å². The summed E-state index contributed by atoms with van der Waals surface area (Å²) in [5, 5.41) is 4.27. The number of carbonyl (C=O) groups excluding carboxylic acids is 2. The molecule has 168 valence electrons. The van der Waals surface area contributed by atoms with E-state index in [1.54, 1.807) is 60.7 Å². The smallest absolute Gasteiger partial charge is 0.345 e. The van der Waals surface area contributed by atoms with Crippen molar-refractivity contribution in [1.82, 2.24) is 5.43 Å². The van der Waals surface area contributed by atoms with Gasteiger partial charge in [0, 0.05) is 5.56 Å². The maximum Gasteiger partial charge on any atom is 0.345 e. The molecule has 0 fully saturated rings. The summed E-state index contributed by atoms with van der Waals surface area (Å²) in [6.45, 7) is 0.909. The van der Waals surface area contributed by atoms with Crippen LogP contribution in [0.15, 0.2) is 65.8 Å². The van der Waals surface area contributed by atoms with Crippen molar-refractivity contribution in [3.05, 3.63) is 82.4 Å². The molecule has 0 unspecified atom stereocenters. The standard InChI is InChI=1S/C24H19ClN2O6/c1-30-21-12-15(6-8-20(21)33-24(29)17-4-2-3-5-18(17)25)14-26-27-23(28)16-7-9-19-22(13-16)32-11-10-31-19/h2-9,12-14H,10-11H2,1H3,(H,27,28). The fraction of sp³-hybridized carbons (Fsp3) is 0.125. The van der Waals surface area contributed by atoms with Crippen molar-refractivity contribution < 1.29 is 28.5 Å². The summed E-state index contributed by atoms with van der Waals surface area (Å²) in [5.41, 5.74) is 3.71. The molecule has 1 aliphatic heterocycles. The zero-order valence-corrected chi connectivity index (χ0v) is 18.3. The Balaban J connectivity index is 1.42. The molecular weight excluding hydrogens is 448 g/mol. The highest BCUT2D eigenvalue weighted by molar-refractivity contribution is 6.33. The van der Waals surface area contributed by atoms with Crippen molar-refractivity contribution >= 4 is 29.7 Å². The van der Waals surface area contributed by atoms with Gasteiger partial charge < -0.3 is 18.9 Å². The van der Waals surface area contributed by atoms with Gasteiger partial charge in [0.2, 0.25) is 0 Å². The van der Waals surface area contributed by atoms with Crippen LogP contribution in [0.5, 0.6) is 23.0 Å². The number of amides is 1. The average Bonchev–Trinajstić information content (AvgIpc) is 2.84. The summed E-state index contributed by atoms with van der Waals surface area (Å²) in [7, 11) is 1.45. The van der Waals surface area contributed by atoms with Gasteiger partial charge in [-0.1, -0.05) is 23.7 Å². The van der Waals surface area contributed by atoms with Gasteiger partial charge >= 0.3 is 5.97 Å². The van der Waals surface area contributed by atoms with Gasteiger partial charge in [-0.05, 0) is 54.1 Å². The first-order chi connectivity index (χ1) is 16.0. The Morgan fingerprint density at radius 3 is 2.58 bits per heavy atom. The molecule has 1 aliphatic rings. The van der Waals surface area contributed by atoms with Crippen LogP contribution in [0.25, 0.3) is 0 Å². The van der Waals surface area contributed by atoms with E-state index in [-0.39, 0.29) is 11.3 Å². The van der Waals surface area contributed by atoms with Crippen LogP contribution >= 0.6 is 11.6 Å². The lowest BCUT2D eigenvalue weighted by Gasteiger charge is -2.18. The lowest BCUT2D eigenvalue weighted by atomic mass is 10.2. The molecule has 3 aromatic rings. The number of benzene rings is 3. The molecular formula is C24H19ClN2O6. The molecule has 8 nitrogen and oxygen atoms in total. The van der Waals surface area contributed by atoms with Gasteiger partial charge in [0.1, 0.15) is 13.2 Å². The minimum Gasteiger partial charge on any atom is -0.493 e. The van der Waals surface area contributed by atoms with E-state index in [1.807, 2.05) is 0 Å². The van der Waals surface area contributed by atoms with Crippen LogP contribution < -0.4 is 24.4 Å². The van der Waals surface area contributed by atoms with E-state index in [1.165, 1.54) is 13.3 Å². The first-order valence-corrected chi connectivity index (χ1v) is 10.3. The predicted octanol–water partition coefficient (Wildman–Crippen LogP) is 4.10. The molecule has 9 heteroatoms. The van der Waals surface area contributed by atoms with Crippen molar-refractivity contribution in [3.63, 3.8) is 0 Å². The second-order valence-electron chi connectivity index (χ2n) is 6.84. The van der Waals surface area contributed by atoms with Crippen LogP contribution in [-0.4, -0.2) is 38.4 Å². The number of nitrogens with one attached hydrogen (secondary N) is 1. The largest absolute Gasteiger partial charge is 0.493 e. The van der Waals surface area contributed by atoms with Crippen molar-refractivity contribution in [2.24, 2.45) is 5.10 Å². The summed E-state index contributed by atoms with van der Waals surface area (Å²) < 4.78 is 21.7. The molecule has 0 radical (unpaired) electrons. The van der Waals surface area contributed by atoms with Crippen LogP contribution in [0.4, 0.5) is 0 Å². The first-order valence-electron chi connectivity index (χ1n) is 9.93. The summed E-state index contributed by atoms with van der Waals surface area (Å²) >= 11 is 6.05. The molecule has 0 aliphatic carbocycles. The van der Waals surface area contributed by atoms with Gasteiger partial charge in [0.05, 0.1) is 23.9 Å². The molecule has 0 saturated heterocycles. The zero-order valence-electron chi connectivity index (χ0n) is 17.5. The molecule has 1 heterocycles. The van der Waals surface area contributed by atoms with Gasteiger partial charge in [0.15, 0.2) is 23.0 Å². The van der Waals surface area contributed by atoms with E-state index in [0.29, 0.717) is 46.6 Å². The van der Waals surface area contributed by atoms with Crippen LogP contribution in [0.1, 0.15) is 26.3 Å². The molecule has 0 atom stereocenters. The Kier molecular flexibility index (Phi) is 6.75. The molecule has 4 rings (SSSR count). The van der Waals surface area contributed by atoms with E-state index in [2.05, 4.69) is 10.5 Å². The SMILES string of the molecule is COc1cc(C=NNC(=O)c2ccc3c(c2)OCCO3)ccc1OC(=O)c1ccccc1Cl. The molecule has 1 N–H and O–H groups in total. The monoisotopic (exact) mass is 466 g/mol. The minimum absolute atomic E-state index is 0.222. The number of hydrazone groups is 1. The van der Waals surface area contributed by atoms with Crippen LogP contribution in [0.3, 0.4) is 0 Å². The highest BCUT2D eigenvalue weighted by atomic mass is 35.5. The first kappa shape index (κ1) is 22.2. The number of hydrogen-bond acceptors (Lipinski definition) is 7. The highest BCUT2D eigenvalue weighted by Crippen LogP contribution is 2.31. The number of hydrogen-bond donors (Lipinski definition) is 1. The molecule has 0 saturated carbocycles. The number of ether oxygens (including phenoxy) is 4. The third-order valence-corrected chi connectivity index (χ3v) is 5.00. The fourth-order valence-corrected chi connectivity index (χ4v) is 3.26. The van der Waals surface area contributed by atoms with E-state index in [4.69, 9.17) is 30.5 Å². The van der Waals surface area contributed by atoms with Crippen molar-refractivity contribution in [2.45, 2.75) is 0 Å². The second-order valence-corrected chi connectivity index (χ2v) is 7.24. The Labute approximate surface area is 194 Å². The lowest BCUT2D eigenvalue weighted by Crippen LogP contribution is -2.19. The second kappa shape index (κ2) is 10.1. The lowest BCUT2D eigenvalue weighted by molar-refractivity contribution is 0.0729. The molecule has 33 heavy (non-hydrogen) atoms. The number of rotatable bonds is 6. The number of carbonyl (C=O) groups is 2. The van der Waals surface area contributed by atoms with Crippen molar-refractivity contribution in [3.8, 4) is 23.0 Å².